The van der Waals surface area contributed by atoms with Crippen LogP contribution in [0.25, 0.3) is 0 Å². The molecule has 0 spiro atoms. The van der Waals surface area contributed by atoms with Crippen LogP contribution in [0.15, 0.2) is 0 Å². The standard InChI is InChI=1S/C11H24N2O/c1-5-10(6-2)7-11(14)13-8-9(3)12-4/h9-10,12H,5-8H2,1-4H3,(H,13,14). The Morgan fingerprint density at radius 3 is 2.29 bits per heavy atom. The highest BCUT2D eigenvalue weighted by atomic mass is 16.1. The predicted molar refractivity (Wildman–Crippen MR) is 60.2 cm³/mol. The Bertz CT molecular complexity index is 155. The molecule has 3 heteroatoms. The Balaban J connectivity index is 3.64. The zero-order chi connectivity index (χ0) is 11.0. The third-order valence-corrected chi connectivity index (χ3v) is 2.73. The summed E-state index contributed by atoms with van der Waals surface area (Å²) in [4.78, 5) is 11.5. The van der Waals surface area contributed by atoms with Gasteiger partial charge in [0.1, 0.15) is 0 Å². The van der Waals surface area contributed by atoms with Gasteiger partial charge in [-0.3, -0.25) is 4.79 Å². The monoisotopic (exact) mass is 200 g/mol. The number of rotatable bonds is 7. The number of carbonyl (C=O) groups excluding carboxylic acids is 1. The molecule has 0 saturated heterocycles. The molecule has 0 aliphatic carbocycles. The van der Waals surface area contributed by atoms with E-state index < -0.39 is 0 Å². The molecular formula is C11H24N2O. The van der Waals surface area contributed by atoms with Crippen molar-refractivity contribution in [3.63, 3.8) is 0 Å². The minimum absolute atomic E-state index is 0.181. The zero-order valence-corrected chi connectivity index (χ0v) is 9.89. The van der Waals surface area contributed by atoms with Crippen LogP contribution in [0, 0.1) is 5.92 Å². The third kappa shape index (κ3) is 5.97. The second-order valence-electron chi connectivity index (χ2n) is 3.88. The van der Waals surface area contributed by atoms with E-state index in [-0.39, 0.29) is 5.91 Å². The van der Waals surface area contributed by atoms with Gasteiger partial charge in [-0.05, 0) is 19.9 Å². The van der Waals surface area contributed by atoms with Crippen LogP contribution in [0.4, 0.5) is 0 Å². The third-order valence-electron chi connectivity index (χ3n) is 2.73. The number of carbonyl (C=O) groups is 1. The molecule has 0 aromatic rings. The molecule has 0 rings (SSSR count). The molecular weight excluding hydrogens is 176 g/mol. The maximum absolute atomic E-state index is 11.5. The highest BCUT2D eigenvalue weighted by Gasteiger charge is 2.10. The number of hydrogen-bond acceptors (Lipinski definition) is 2. The minimum atomic E-state index is 0.181. The molecule has 1 atom stereocenters. The zero-order valence-electron chi connectivity index (χ0n) is 9.89. The molecule has 0 heterocycles. The average Bonchev–Trinajstić information content (AvgIpc) is 2.22. The van der Waals surface area contributed by atoms with E-state index >= 15 is 0 Å². The summed E-state index contributed by atoms with van der Waals surface area (Å²) in [6.07, 6.45) is 2.85. The van der Waals surface area contributed by atoms with Crippen LogP contribution in [0.5, 0.6) is 0 Å². The van der Waals surface area contributed by atoms with Crippen molar-refractivity contribution >= 4 is 5.91 Å². The largest absolute Gasteiger partial charge is 0.355 e. The number of amides is 1. The van der Waals surface area contributed by atoms with Crippen molar-refractivity contribution in [2.24, 2.45) is 5.92 Å². The second-order valence-corrected chi connectivity index (χ2v) is 3.88. The summed E-state index contributed by atoms with van der Waals surface area (Å²) in [6.45, 7) is 7.04. The van der Waals surface area contributed by atoms with E-state index in [0.717, 1.165) is 19.4 Å². The summed E-state index contributed by atoms with van der Waals surface area (Å²) in [5.74, 6) is 0.723. The first-order chi connectivity index (χ1) is 6.63. The maximum atomic E-state index is 11.5. The molecule has 14 heavy (non-hydrogen) atoms. The van der Waals surface area contributed by atoms with E-state index in [1.54, 1.807) is 0 Å². The van der Waals surface area contributed by atoms with Gasteiger partial charge in [0.25, 0.3) is 0 Å². The van der Waals surface area contributed by atoms with Crippen molar-refractivity contribution in [3.05, 3.63) is 0 Å². The highest BCUT2D eigenvalue weighted by Crippen LogP contribution is 2.11. The summed E-state index contributed by atoms with van der Waals surface area (Å²) in [5.41, 5.74) is 0. The second kappa shape index (κ2) is 7.80. The van der Waals surface area contributed by atoms with E-state index in [9.17, 15) is 4.79 Å². The fraction of sp³-hybridized carbons (Fsp3) is 0.909. The van der Waals surface area contributed by atoms with Crippen molar-refractivity contribution in [2.45, 2.75) is 46.1 Å². The first-order valence-corrected chi connectivity index (χ1v) is 5.57. The van der Waals surface area contributed by atoms with Crippen LogP contribution in [-0.2, 0) is 4.79 Å². The SMILES string of the molecule is CCC(CC)CC(=O)NCC(C)NC. The van der Waals surface area contributed by atoms with Crippen molar-refractivity contribution in [1.29, 1.82) is 0 Å². The van der Waals surface area contributed by atoms with E-state index in [4.69, 9.17) is 0 Å². The normalized spacial score (nSPS) is 12.9. The van der Waals surface area contributed by atoms with E-state index in [2.05, 4.69) is 31.4 Å². The number of likely N-dealkylation sites (N-methyl/N-ethyl adjacent to an activating group) is 1. The van der Waals surface area contributed by atoms with Crippen LogP contribution >= 0.6 is 0 Å². The molecule has 0 fully saturated rings. The van der Waals surface area contributed by atoms with Crippen LogP contribution in [-0.4, -0.2) is 25.5 Å². The topological polar surface area (TPSA) is 41.1 Å². The molecule has 0 bridgehead atoms. The highest BCUT2D eigenvalue weighted by molar-refractivity contribution is 5.76. The smallest absolute Gasteiger partial charge is 0.220 e. The van der Waals surface area contributed by atoms with Gasteiger partial charge in [-0.25, -0.2) is 0 Å². The van der Waals surface area contributed by atoms with Crippen LogP contribution in [0.1, 0.15) is 40.0 Å². The van der Waals surface area contributed by atoms with Crippen molar-refractivity contribution in [3.8, 4) is 0 Å². The quantitative estimate of drug-likeness (QED) is 0.654. The fourth-order valence-electron chi connectivity index (χ4n) is 1.28. The lowest BCUT2D eigenvalue weighted by Gasteiger charge is -2.14. The Morgan fingerprint density at radius 1 is 1.29 bits per heavy atom. The predicted octanol–water partition coefficient (Wildman–Crippen LogP) is 1.54. The summed E-state index contributed by atoms with van der Waals surface area (Å²) in [7, 11) is 1.90. The van der Waals surface area contributed by atoms with Gasteiger partial charge in [-0.15, -0.1) is 0 Å². The lowest BCUT2D eigenvalue weighted by Crippen LogP contribution is -2.37. The van der Waals surface area contributed by atoms with E-state index in [1.807, 2.05) is 7.05 Å². The van der Waals surface area contributed by atoms with Crippen LogP contribution in [0.3, 0.4) is 0 Å². The average molecular weight is 200 g/mol. The van der Waals surface area contributed by atoms with E-state index in [0.29, 0.717) is 18.4 Å². The lowest BCUT2D eigenvalue weighted by atomic mass is 9.99. The van der Waals surface area contributed by atoms with Crippen LogP contribution < -0.4 is 10.6 Å². The first-order valence-electron chi connectivity index (χ1n) is 5.57. The van der Waals surface area contributed by atoms with Gasteiger partial charge in [-0.2, -0.15) is 0 Å². The van der Waals surface area contributed by atoms with Gasteiger partial charge in [0, 0.05) is 19.0 Å². The van der Waals surface area contributed by atoms with Gasteiger partial charge in [0.2, 0.25) is 5.91 Å². The molecule has 0 aromatic heterocycles. The van der Waals surface area contributed by atoms with Gasteiger partial charge in [0.05, 0.1) is 0 Å². The molecule has 84 valence electrons. The molecule has 0 aliphatic heterocycles. The Labute approximate surface area is 87.6 Å². The number of hydrogen-bond donors (Lipinski definition) is 2. The molecule has 1 amide bonds. The summed E-state index contributed by atoms with van der Waals surface area (Å²) < 4.78 is 0. The van der Waals surface area contributed by atoms with Crippen molar-refractivity contribution in [2.75, 3.05) is 13.6 Å². The molecule has 1 unspecified atom stereocenters. The molecule has 0 aromatic carbocycles. The fourth-order valence-corrected chi connectivity index (χ4v) is 1.28. The Hall–Kier alpha value is -0.570. The lowest BCUT2D eigenvalue weighted by molar-refractivity contribution is -0.122. The first kappa shape index (κ1) is 13.4. The molecule has 3 nitrogen and oxygen atoms in total. The van der Waals surface area contributed by atoms with Gasteiger partial charge in [0.15, 0.2) is 0 Å². The molecule has 0 saturated carbocycles. The molecule has 0 aliphatic rings. The molecule has 0 radical (unpaired) electrons. The Kier molecular flexibility index (Phi) is 7.48. The maximum Gasteiger partial charge on any atom is 0.220 e. The summed E-state index contributed by atoms with van der Waals surface area (Å²) in [6, 6.07) is 0.348. The molecule has 2 N–H and O–H groups in total. The van der Waals surface area contributed by atoms with Crippen molar-refractivity contribution in [1.82, 2.24) is 10.6 Å². The van der Waals surface area contributed by atoms with Crippen molar-refractivity contribution < 1.29 is 4.79 Å². The van der Waals surface area contributed by atoms with Crippen LogP contribution in [0.2, 0.25) is 0 Å². The Morgan fingerprint density at radius 2 is 1.86 bits per heavy atom. The van der Waals surface area contributed by atoms with Gasteiger partial charge >= 0.3 is 0 Å². The van der Waals surface area contributed by atoms with Gasteiger partial charge < -0.3 is 10.6 Å². The summed E-state index contributed by atoms with van der Waals surface area (Å²) in [5, 5.41) is 6.02. The van der Waals surface area contributed by atoms with E-state index in [1.165, 1.54) is 0 Å². The summed E-state index contributed by atoms with van der Waals surface area (Å²) >= 11 is 0. The minimum Gasteiger partial charge on any atom is -0.355 e. The van der Waals surface area contributed by atoms with Gasteiger partial charge in [-0.1, -0.05) is 26.7 Å². The number of nitrogens with one attached hydrogen (secondary N) is 2.